The molecule has 1 saturated carbocycles. The molecule has 2 aliphatic rings. The Hall–Kier alpha value is -2.86. The molecule has 2 aromatic carbocycles. The van der Waals surface area contributed by atoms with E-state index in [0.717, 1.165) is 31.2 Å². The SMILES string of the molecule is CCOC(=O)CCNC(=O)[C@@H]1c2ccccc2C(=O)N(C2CCCC2)[C@H]1c1ccc(Cl)cc1. The summed E-state index contributed by atoms with van der Waals surface area (Å²) in [4.78, 5) is 41.0. The first-order valence-corrected chi connectivity index (χ1v) is 12.0. The molecule has 0 radical (unpaired) electrons. The van der Waals surface area contributed by atoms with Crippen molar-refractivity contribution >= 4 is 29.4 Å². The highest BCUT2D eigenvalue weighted by molar-refractivity contribution is 6.30. The zero-order valence-electron chi connectivity index (χ0n) is 18.8. The molecule has 0 bridgehead atoms. The number of rotatable bonds is 7. The Morgan fingerprint density at radius 3 is 2.48 bits per heavy atom. The fraction of sp³-hybridized carbons (Fsp3) is 0.423. The molecule has 174 valence electrons. The number of benzene rings is 2. The van der Waals surface area contributed by atoms with Gasteiger partial charge in [-0.1, -0.05) is 54.8 Å². The molecule has 1 N–H and O–H groups in total. The van der Waals surface area contributed by atoms with E-state index in [2.05, 4.69) is 5.32 Å². The van der Waals surface area contributed by atoms with Gasteiger partial charge >= 0.3 is 5.97 Å². The second kappa shape index (κ2) is 10.4. The van der Waals surface area contributed by atoms with E-state index >= 15 is 0 Å². The van der Waals surface area contributed by atoms with Crippen molar-refractivity contribution < 1.29 is 19.1 Å². The van der Waals surface area contributed by atoms with Crippen LogP contribution in [0.2, 0.25) is 5.02 Å². The van der Waals surface area contributed by atoms with E-state index in [9.17, 15) is 14.4 Å². The summed E-state index contributed by atoms with van der Waals surface area (Å²) >= 11 is 6.14. The quantitative estimate of drug-likeness (QED) is 0.601. The summed E-state index contributed by atoms with van der Waals surface area (Å²) in [5.74, 6) is -1.18. The smallest absolute Gasteiger partial charge is 0.307 e. The van der Waals surface area contributed by atoms with E-state index in [0.29, 0.717) is 22.8 Å². The van der Waals surface area contributed by atoms with Gasteiger partial charge in [0.05, 0.1) is 25.0 Å². The van der Waals surface area contributed by atoms with Crippen molar-refractivity contribution in [3.05, 3.63) is 70.2 Å². The van der Waals surface area contributed by atoms with Gasteiger partial charge in [-0.15, -0.1) is 0 Å². The Morgan fingerprint density at radius 1 is 1.09 bits per heavy atom. The fourth-order valence-corrected chi connectivity index (χ4v) is 5.19. The molecule has 1 aliphatic heterocycles. The number of carbonyl (C=O) groups excluding carboxylic acids is 3. The summed E-state index contributed by atoms with van der Waals surface area (Å²) in [5, 5.41) is 3.52. The summed E-state index contributed by atoms with van der Waals surface area (Å²) in [5.41, 5.74) is 2.16. The topological polar surface area (TPSA) is 75.7 Å². The number of nitrogens with one attached hydrogen (secondary N) is 1. The molecule has 2 amide bonds. The van der Waals surface area contributed by atoms with Crippen molar-refractivity contribution in [2.24, 2.45) is 0 Å². The van der Waals surface area contributed by atoms with Gasteiger partial charge < -0.3 is 15.0 Å². The predicted molar refractivity (Wildman–Crippen MR) is 126 cm³/mol. The lowest BCUT2D eigenvalue weighted by molar-refractivity contribution is -0.143. The molecule has 4 rings (SSSR count). The summed E-state index contributed by atoms with van der Waals surface area (Å²) in [7, 11) is 0. The van der Waals surface area contributed by atoms with E-state index < -0.39 is 12.0 Å². The highest BCUT2D eigenvalue weighted by Crippen LogP contribution is 2.46. The van der Waals surface area contributed by atoms with Gasteiger partial charge in [0, 0.05) is 23.2 Å². The van der Waals surface area contributed by atoms with Gasteiger partial charge in [0.1, 0.15) is 0 Å². The van der Waals surface area contributed by atoms with Crippen LogP contribution in [0.3, 0.4) is 0 Å². The summed E-state index contributed by atoms with van der Waals surface area (Å²) in [6.07, 6.45) is 4.09. The van der Waals surface area contributed by atoms with Crippen LogP contribution in [0.4, 0.5) is 0 Å². The Morgan fingerprint density at radius 2 is 1.79 bits per heavy atom. The average molecular weight is 469 g/mol. The molecule has 2 aromatic rings. The zero-order chi connectivity index (χ0) is 23.4. The predicted octanol–water partition coefficient (Wildman–Crippen LogP) is 4.63. The van der Waals surface area contributed by atoms with Crippen molar-refractivity contribution in [2.75, 3.05) is 13.2 Å². The minimum Gasteiger partial charge on any atom is -0.466 e. The number of amides is 2. The lowest BCUT2D eigenvalue weighted by Gasteiger charge is -2.45. The normalized spacial score (nSPS) is 20.4. The first-order valence-electron chi connectivity index (χ1n) is 11.6. The van der Waals surface area contributed by atoms with Crippen LogP contribution in [0, 0.1) is 0 Å². The molecule has 2 atom stereocenters. The van der Waals surface area contributed by atoms with Gasteiger partial charge in [0.2, 0.25) is 5.91 Å². The minimum absolute atomic E-state index is 0.0342. The second-order valence-electron chi connectivity index (χ2n) is 8.56. The van der Waals surface area contributed by atoms with Crippen molar-refractivity contribution in [3.8, 4) is 0 Å². The first-order chi connectivity index (χ1) is 16.0. The van der Waals surface area contributed by atoms with Crippen molar-refractivity contribution in [2.45, 2.75) is 57.0 Å². The molecule has 7 heteroatoms. The molecule has 1 fully saturated rings. The Bertz CT molecular complexity index is 1020. The molecular formula is C26H29ClN2O4. The van der Waals surface area contributed by atoms with E-state index in [1.165, 1.54) is 0 Å². The largest absolute Gasteiger partial charge is 0.466 e. The van der Waals surface area contributed by atoms with Crippen LogP contribution < -0.4 is 5.32 Å². The number of carbonyl (C=O) groups is 3. The maximum atomic E-state index is 13.7. The van der Waals surface area contributed by atoms with Crippen molar-refractivity contribution in [1.82, 2.24) is 10.2 Å². The number of esters is 1. The Labute approximate surface area is 199 Å². The number of ether oxygens (including phenoxy) is 1. The van der Waals surface area contributed by atoms with Gasteiger partial charge in [-0.25, -0.2) is 0 Å². The molecule has 33 heavy (non-hydrogen) atoms. The van der Waals surface area contributed by atoms with Crippen LogP contribution in [0.25, 0.3) is 0 Å². The van der Waals surface area contributed by atoms with Crippen LogP contribution in [0.1, 0.15) is 72.5 Å². The average Bonchev–Trinajstić information content (AvgIpc) is 3.34. The van der Waals surface area contributed by atoms with Crippen LogP contribution in [0.15, 0.2) is 48.5 Å². The van der Waals surface area contributed by atoms with Crippen molar-refractivity contribution in [3.63, 3.8) is 0 Å². The molecule has 0 aromatic heterocycles. The van der Waals surface area contributed by atoms with Gasteiger partial charge in [-0.2, -0.15) is 0 Å². The summed E-state index contributed by atoms with van der Waals surface area (Å²) in [6, 6.07) is 14.4. The minimum atomic E-state index is -0.595. The second-order valence-corrected chi connectivity index (χ2v) is 8.99. The van der Waals surface area contributed by atoms with E-state index in [1.54, 1.807) is 25.1 Å². The van der Waals surface area contributed by atoms with E-state index in [4.69, 9.17) is 16.3 Å². The lowest BCUT2D eigenvalue weighted by atomic mass is 9.78. The molecule has 0 saturated heterocycles. The Balaban J connectivity index is 1.73. The molecular weight excluding hydrogens is 440 g/mol. The number of hydrogen-bond donors (Lipinski definition) is 1. The van der Waals surface area contributed by atoms with E-state index in [-0.39, 0.29) is 36.8 Å². The Kier molecular flexibility index (Phi) is 7.33. The van der Waals surface area contributed by atoms with E-state index in [1.807, 2.05) is 35.2 Å². The zero-order valence-corrected chi connectivity index (χ0v) is 19.5. The van der Waals surface area contributed by atoms with Crippen molar-refractivity contribution in [1.29, 1.82) is 0 Å². The summed E-state index contributed by atoms with van der Waals surface area (Å²) < 4.78 is 4.97. The number of halogens is 1. The monoisotopic (exact) mass is 468 g/mol. The highest BCUT2D eigenvalue weighted by atomic mass is 35.5. The molecule has 0 unspecified atom stereocenters. The van der Waals surface area contributed by atoms with Crippen LogP contribution >= 0.6 is 11.6 Å². The molecule has 1 heterocycles. The molecule has 0 spiro atoms. The number of hydrogen-bond acceptors (Lipinski definition) is 4. The lowest BCUT2D eigenvalue weighted by Crippen LogP contribution is -2.51. The maximum Gasteiger partial charge on any atom is 0.307 e. The third-order valence-corrected chi connectivity index (χ3v) is 6.77. The van der Waals surface area contributed by atoms with Gasteiger partial charge in [-0.05, 0) is 49.1 Å². The third-order valence-electron chi connectivity index (χ3n) is 6.52. The van der Waals surface area contributed by atoms with Gasteiger partial charge in [-0.3, -0.25) is 14.4 Å². The van der Waals surface area contributed by atoms with Gasteiger partial charge in [0.25, 0.3) is 5.91 Å². The number of fused-ring (bicyclic) bond motifs is 1. The number of nitrogens with zero attached hydrogens (tertiary/aromatic N) is 1. The third kappa shape index (κ3) is 4.91. The standard InChI is InChI=1S/C26H29ClN2O4/c1-2-33-22(30)15-16-28-25(31)23-20-9-5-6-10-21(20)26(32)29(19-7-3-4-8-19)24(23)17-11-13-18(27)14-12-17/h5-6,9-14,19,23-24H,2-4,7-8,15-16H2,1H3,(H,28,31)/t23-,24+/m1/s1. The molecule has 1 aliphatic carbocycles. The molecule has 6 nitrogen and oxygen atoms in total. The van der Waals surface area contributed by atoms with Crippen LogP contribution in [0.5, 0.6) is 0 Å². The maximum absolute atomic E-state index is 13.7. The van der Waals surface area contributed by atoms with Crippen LogP contribution in [-0.4, -0.2) is 41.9 Å². The highest BCUT2D eigenvalue weighted by Gasteiger charge is 2.46. The first kappa shape index (κ1) is 23.3. The van der Waals surface area contributed by atoms with Gasteiger partial charge in [0.15, 0.2) is 0 Å². The fourth-order valence-electron chi connectivity index (χ4n) is 5.06. The summed E-state index contributed by atoms with van der Waals surface area (Å²) in [6.45, 7) is 2.24. The van der Waals surface area contributed by atoms with Crippen LogP contribution in [-0.2, 0) is 14.3 Å².